The molecule has 1 aromatic carbocycles. The molecule has 1 unspecified atom stereocenters. The summed E-state index contributed by atoms with van der Waals surface area (Å²) in [6.07, 6.45) is 6.75. The van der Waals surface area contributed by atoms with Crippen molar-refractivity contribution in [3.05, 3.63) is 35.9 Å². The molecule has 3 heteroatoms. The van der Waals surface area contributed by atoms with E-state index in [1.165, 1.54) is 50.8 Å². The maximum Gasteiger partial charge on any atom is 0.0594 e. The second kappa shape index (κ2) is 5.95. The molecule has 22 heavy (non-hydrogen) atoms. The van der Waals surface area contributed by atoms with E-state index in [0.29, 0.717) is 5.41 Å². The van der Waals surface area contributed by atoms with Crippen LogP contribution in [-0.4, -0.2) is 44.3 Å². The first-order chi connectivity index (χ1) is 10.8. The van der Waals surface area contributed by atoms with Crippen molar-refractivity contribution < 1.29 is 4.74 Å². The maximum atomic E-state index is 5.63. The second-order valence-corrected chi connectivity index (χ2v) is 7.42. The fourth-order valence-corrected chi connectivity index (χ4v) is 5.09. The lowest BCUT2D eigenvalue weighted by molar-refractivity contribution is -0.0290. The number of nitrogens with zero attached hydrogens (tertiary/aromatic N) is 1. The lowest BCUT2D eigenvalue weighted by atomic mass is 9.74. The summed E-state index contributed by atoms with van der Waals surface area (Å²) in [6.45, 7) is 6.36. The lowest BCUT2D eigenvalue weighted by Crippen LogP contribution is -2.51. The monoisotopic (exact) mass is 300 g/mol. The Morgan fingerprint density at radius 2 is 1.64 bits per heavy atom. The van der Waals surface area contributed by atoms with Gasteiger partial charge in [0.2, 0.25) is 0 Å². The molecule has 3 fully saturated rings. The minimum Gasteiger partial charge on any atom is -0.379 e. The smallest absolute Gasteiger partial charge is 0.0594 e. The molecule has 1 N–H and O–H groups in total. The van der Waals surface area contributed by atoms with Gasteiger partial charge in [-0.3, -0.25) is 4.90 Å². The van der Waals surface area contributed by atoms with Gasteiger partial charge in [0.05, 0.1) is 13.2 Å². The van der Waals surface area contributed by atoms with Crippen LogP contribution >= 0.6 is 0 Å². The largest absolute Gasteiger partial charge is 0.379 e. The molecule has 1 aliphatic carbocycles. The fourth-order valence-electron chi connectivity index (χ4n) is 5.09. The highest BCUT2D eigenvalue weighted by molar-refractivity contribution is 5.28. The third kappa shape index (κ3) is 2.49. The summed E-state index contributed by atoms with van der Waals surface area (Å²) in [4.78, 5) is 2.74. The Hall–Kier alpha value is -0.900. The summed E-state index contributed by atoms with van der Waals surface area (Å²) < 4.78 is 5.63. The topological polar surface area (TPSA) is 24.5 Å². The molecule has 0 radical (unpaired) electrons. The Morgan fingerprint density at radius 3 is 2.36 bits per heavy atom. The van der Waals surface area contributed by atoms with Crippen LogP contribution < -0.4 is 5.32 Å². The highest BCUT2D eigenvalue weighted by Gasteiger charge is 2.52. The minimum absolute atomic E-state index is 0.252. The average Bonchev–Trinajstić information content (AvgIpc) is 2.97. The van der Waals surface area contributed by atoms with Crippen molar-refractivity contribution >= 4 is 0 Å². The van der Waals surface area contributed by atoms with Crippen LogP contribution in [-0.2, 0) is 10.3 Å². The van der Waals surface area contributed by atoms with Gasteiger partial charge in [-0.25, -0.2) is 0 Å². The van der Waals surface area contributed by atoms with E-state index in [1.807, 2.05) is 0 Å². The molecule has 0 aromatic heterocycles. The first-order valence-electron chi connectivity index (χ1n) is 8.92. The van der Waals surface area contributed by atoms with Crippen molar-refractivity contribution in [2.24, 2.45) is 5.41 Å². The number of piperidine rings is 1. The molecular formula is C19H28N2O. The summed E-state index contributed by atoms with van der Waals surface area (Å²) >= 11 is 0. The van der Waals surface area contributed by atoms with Crippen LogP contribution in [0.5, 0.6) is 0 Å². The number of morpholine rings is 1. The molecule has 120 valence electrons. The highest BCUT2D eigenvalue weighted by atomic mass is 16.5. The van der Waals surface area contributed by atoms with Crippen LogP contribution in [0.15, 0.2) is 30.3 Å². The average molecular weight is 300 g/mol. The number of nitrogens with one attached hydrogen (secondary N) is 1. The van der Waals surface area contributed by atoms with E-state index in [-0.39, 0.29) is 5.54 Å². The molecule has 3 aliphatic rings. The summed E-state index contributed by atoms with van der Waals surface area (Å²) in [6, 6.07) is 11.3. The van der Waals surface area contributed by atoms with E-state index < -0.39 is 0 Å². The fraction of sp³-hybridized carbons (Fsp3) is 0.684. The zero-order valence-electron chi connectivity index (χ0n) is 13.5. The van der Waals surface area contributed by atoms with Gasteiger partial charge in [0, 0.05) is 18.6 Å². The van der Waals surface area contributed by atoms with Crippen LogP contribution in [0.2, 0.25) is 0 Å². The van der Waals surface area contributed by atoms with Gasteiger partial charge in [-0.2, -0.15) is 0 Å². The number of hydrogen-bond acceptors (Lipinski definition) is 3. The first-order valence-corrected chi connectivity index (χ1v) is 8.92. The molecule has 3 nitrogen and oxygen atoms in total. The number of benzene rings is 1. The molecule has 2 aliphatic heterocycles. The van der Waals surface area contributed by atoms with Gasteiger partial charge in [-0.05, 0) is 56.2 Å². The normalized spacial score (nSPS) is 32.4. The maximum absolute atomic E-state index is 5.63. The van der Waals surface area contributed by atoms with Crippen LogP contribution in [0.4, 0.5) is 0 Å². The van der Waals surface area contributed by atoms with Gasteiger partial charge in [0.1, 0.15) is 0 Å². The van der Waals surface area contributed by atoms with Crippen LogP contribution in [0, 0.1) is 5.41 Å². The number of rotatable bonds is 2. The Bertz CT molecular complexity index is 491. The first kappa shape index (κ1) is 14.7. The van der Waals surface area contributed by atoms with Crippen molar-refractivity contribution in [1.29, 1.82) is 0 Å². The third-order valence-corrected chi connectivity index (χ3v) is 6.33. The van der Waals surface area contributed by atoms with Gasteiger partial charge >= 0.3 is 0 Å². The van der Waals surface area contributed by atoms with Crippen molar-refractivity contribution in [1.82, 2.24) is 10.2 Å². The van der Waals surface area contributed by atoms with Gasteiger partial charge in [0.15, 0.2) is 0 Å². The molecular weight excluding hydrogens is 272 g/mol. The highest BCUT2D eigenvalue weighted by Crippen LogP contribution is 2.56. The molecule has 2 heterocycles. The SMILES string of the molecule is c1ccc(C2(N3CCOCC3)CCC3(CCNCC3)C2)cc1. The summed E-state index contributed by atoms with van der Waals surface area (Å²) in [5, 5.41) is 3.55. The van der Waals surface area contributed by atoms with Gasteiger partial charge < -0.3 is 10.1 Å². The van der Waals surface area contributed by atoms with Gasteiger partial charge in [-0.15, -0.1) is 0 Å². The van der Waals surface area contributed by atoms with Crippen molar-refractivity contribution in [3.63, 3.8) is 0 Å². The Morgan fingerprint density at radius 1 is 0.909 bits per heavy atom. The third-order valence-electron chi connectivity index (χ3n) is 6.33. The van der Waals surface area contributed by atoms with E-state index >= 15 is 0 Å². The zero-order chi connectivity index (χ0) is 14.9. The van der Waals surface area contributed by atoms with E-state index in [1.54, 1.807) is 0 Å². The zero-order valence-corrected chi connectivity index (χ0v) is 13.5. The van der Waals surface area contributed by atoms with Crippen LogP contribution in [0.3, 0.4) is 0 Å². The van der Waals surface area contributed by atoms with Crippen molar-refractivity contribution in [2.45, 2.75) is 37.6 Å². The van der Waals surface area contributed by atoms with E-state index in [2.05, 4.69) is 40.5 Å². The van der Waals surface area contributed by atoms with Crippen LogP contribution in [0.1, 0.15) is 37.7 Å². The predicted molar refractivity (Wildman–Crippen MR) is 88.9 cm³/mol. The van der Waals surface area contributed by atoms with Crippen molar-refractivity contribution in [3.8, 4) is 0 Å². The standard InChI is InChI=1S/C19H28N2O/c1-2-4-17(5-3-1)19(21-12-14-22-15-13-21)7-6-18(16-19)8-10-20-11-9-18/h1-5,20H,6-16H2. The van der Waals surface area contributed by atoms with Crippen LogP contribution in [0.25, 0.3) is 0 Å². The lowest BCUT2D eigenvalue weighted by Gasteiger charge is -2.46. The van der Waals surface area contributed by atoms with E-state index in [4.69, 9.17) is 4.74 Å². The molecule has 1 saturated carbocycles. The second-order valence-electron chi connectivity index (χ2n) is 7.42. The minimum atomic E-state index is 0.252. The Balaban J connectivity index is 1.67. The summed E-state index contributed by atoms with van der Waals surface area (Å²) in [5.41, 5.74) is 2.36. The summed E-state index contributed by atoms with van der Waals surface area (Å²) in [7, 11) is 0. The van der Waals surface area contributed by atoms with E-state index in [0.717, 1.165) is 26.3 Å². The van der Waals surface area contributed by atoms with Gasteiger partial charge in [-0.1, -0.05) is 30.3 Å². The number of ether oxygens (including phenoxy) is 1. The molecule has 1 spiro atoms. The summed E-state index contributed by atoms with van der Waals surface area (Å²) in [5.74, 6) is 0. The molecule has 4 rings (SSSR count). The predicted octanol–water partition coefficient (Wildman–Crippen LogP) is 2.77. The quantitative estimate of drug-likeness (QED) is 0.909. The molecule has 1 atom stereocenters. The van der Waals surface area contributed by atoms with Crippen molar-refractivity contribution in [2.75, 3.05) is 39.4 Å². The molecule has 1 aromatic rings. The Kier molecular flexibility index (Phi) is 3.97. The molecule has 0 amide bonds. The van der Waals surface area contributed by atoms with Gasteiger partial charge in [0.25, 0.3) is 0 Å². The number of hydrogen-bond donors (Lipinski definition) is 1. The molecule has 0 bridgehead atoms. The van der Waals surface area contributed by atoms with E-state index in [9.17, 15) is 0 Å². The molecule has 2 saturated heterocycles. The Labute approximate surface area is 134 Å².